The van der Waals surface area contributed by atoms with Crippen molar-refractivity contribution in [3.8, 4) is 0 Å². The largest absolute Gasteiger partial charge is 0.499 e. The fraction of sp³-hybridized carbons (Fsp3) is 0.625. The molecule has 0 unspecified atom stereocenters. The van der Waals surface area contributed by atoms with Gasteiger partial charge in [0.1, 0.15) is 6.61 Å². The first-order valence-corrected chi connectivity index (χ1v) is 3.80. The fourth-order valence-corrected chi connectivity index (χ4v) is 1.04. The number of ether oxygens (including phenoxy) is 1. The molecule has 1 aliphatic heterocycles. The zero-order valence-electron chi connectivity index (χ0n) is 6.91. The van der Waals surface area contributed by atoms with Gasteiger partial charge in [0.25, 0.3) is 0 Å². The van der Waals surface area contributed by atoms with Crippen LogP contribution in [0.15, 0.2) is 12.3 Å². The summed E-state index contributed by atoms with van der Waals surface area (Å²) in [7, 11) is 0. The number of carbonyl (C=O) groups excluding carboxylic acids is 1. The van der Waals surface area contributed by atoms with E-state index in [0.717, 1.165) is 0 Å². The Labute approximate surface area is 66.6 Å². The molecule has 1 amide bonds. The molecule has 0 radical (unpaired) electrons. The molecule has 0 aromatic carbocycles. The molecule has 3 heteroatoms. The maximum Gasteiger partial charge on any atom is 0.249 e. The molecule has 0 saturated heterocycles. The Morgan fingerprint density at radius 1 is 1.64 bits per heavy atom. The highest BCUT2D eigenvalue weighted by atomic mass is 16.5. The summed E-state index contributed by atoms with van der Waals surface area (Å²) in [5, 5.41) is 0. The van der Waals surface area contributed by atoms with E-state index in [1.54, 1.807) is 4.90 Å². The first-order chi connectivity index (χ1) is 5.22. The van der Waals surface area contributed by atoms with Crippen LogP contribution in [0.3, 0.4) is 0 Å². The van der Waals surface area contributed by atoms with Crippen molar-refractivity contribution in [3.63, 3.8) is 0 Å². The molecule has 0 N–H and O–H groups in total. The van der Waals surface area contributed by atoms with Crippen LogP contribution in [-0.2, 0) is 9.53 Å². The Bertz CT molecular complexity index is 175. The van der Waals surface area contributed by atoms with Crippen LogP contribution in [0.25, 0.3) is 0 Å². The second kappa shape index (κ2) is 3.42. The molecule has 3 nitrogen and oxygen atoms in total. The molecule has 11 heavy (non-hydrogen) atoms. The van der Waals surface area contributed by atoms with Crippen molar-refractivity contribution in [1.82, 2.24) is 4.90 Å². The van der Waals surface area contributed by atoms with E-state index in [9.17, 15) is 4.79 Å². The number of hydrogen-bond acceptors (Lipinski definition) is 2. The van der Waals surface area contributed by atoms with Crippen LogP contribution >= 0.6 is 0 Å². The minimum Gasteiger partial charge on any atom is -0.499 e. The molecule has 1 aliphatic rings. The van der Waals surface area contributed by atoms with E-state index in [2.05, 4.69) is 0 Å². The van der Waals surface area contributed by atoms with Crippen molar-refractivity contribution in [3.05, 3.63) is 12.3 Å². The average molecular weight is 155 g/mol. The summed E-state index contributed by atoms with van der Waals surface area (Å²) in [5.74, 6) is 0.0394. The molecule has 0 atom stereocenters. The first-order valence-electron chi connectivity index (χ1n) is 3.80. The maximum atomic E-state index is 11.2. The normalized spacial score (nSPS) is 18.5. The average Bonchev–Trinajstić information content (AvgIpc) is 2.13. The summed E-state index contributed by atoms with van der Waals surface area (Å²) in [4.78, 5) is 13.0. The van der Waals surface area contributed by atoms with Gasteiger partial charge in [-0.25, -0.2) is 0 Å². The van der Waals surface area contributed by atoms with Crippen LogP contribution in [-0.4, -0.2) is 30.0 Å². The van der Waals surface area contributed by atoms with Crippen molar-refractivity contribution >= 4 is 5.91 Å². The van der Waals surface area contributed by atoms with Crippen molar-refractivity contribution in [1.29, 1.82) is 0 Å². The number of carbonyl (C=O) groups is 1. The third-order valence-corrected chi connectivity index (χ3v) is 1.66. The van der Waals surface area contributed by atoms with Crippen LogP contribution in [0.5, 0.6) is 0 Å². The summed E-state index contributed by atoms with van der Waals surface area (Å²) < 4.78 is 5.00. The molecule has 0 aliphatic carbocycles. The molecule has 0 fully saturated rings. The zero-order valence-corrected chi connectivity index (χ0v) is 6.91. The van der Waals surface area contributed by atoms with E-state index >= 15 is 0 Å². The van der Waals surface area contributed by atoms with Gasteiger partial charge in [0.15, 0.2) is 0 Å². The fourth-order valence-electron chi connectivity index (χ4n) is 1.04. The second-order valence-corrected chi connectivity index (χ2v) is 2.80. The van der Waals surface area contributed by atoms with E-state index < -0.39 is 0 Å². The Hall–Kier alpha value is -0.990. The summed E-state index contributed by atoms with van der Waals surface area (Å²) in [6.45, 7) is 5.28. The van der Waals surface area contributed by atoms with Gasteiger partial charge in [-0.05, 0) is 13.8 Å². The molecule has 0 spiro atoms. The Balaban J connectivity index is 2.63. The van der Waals surface area contributed by atoms with Crippen molar-refractivity contribution in [2.24, 2.45) is 0 Å². The summed E-state index contributed by atoms with van der Waals surface area (Å²) in [5.41, 5.74) is 0. The number of nitrogens with zero attached hydrogens (tertiary/aromatic N) is 1. The van der Waals surface area contributed by atoms with E-state index in [1.165, 1.54) is 12.3 Å². The van der Waals surface area contributed by atoms with Crippen molar-refractivity contribution in [2.45, 2.75) is 19.9 Å². The zero-order chi connectivity index (χ0) is 8.27. The molecule has 0 aromatic rings. The first kappa shape index (κ1) is 8.11. The molecule has 0 aromatic heterocycles. The van der Waals surface area contributed by atoms with Gasteiger partial charge < -0.3 is 9.64 Å². The molecule has 62 valence electrons. The van der Waals surface area contributed by atoms with Gasteiger partial charge in [-0.2, -0.15) is 0 Å². The predicted molar refractivity (Wildman–Crippen MR) is 41.9 cm³/mol. The topological polar surface area (TPSA) is 29.5 Å². The standard InChI is InChI=1S/C8H13NO2/c1-7(2)9-4-6-11-5-3-8(9)10/h3,5,7H,4,6H2,1-2H3. The van der Waals surface area contributed by atoms with Crippen LogP contribution in [0.2, 0.25) is 0 Å². The van der Waals surface area contributed by atoms with E-state index in [-0.39, 0.29) is 11.9 Å². The van der Waals surface area contributed by atoms with E-state index in [4.69, 9.17) is 4.74 Å². The highest BCUT2D eigenvalue weighted by Crippen LogP contribution is 2.02. The van der Waals surface area contributed by atoms with Crippen LogP contribution < -0.4 is 0 Å². The highest BCUT2D eigenvalue weighted by molar-refractivity contribution is 5.87. The van der Waals surface area contributed by atoms with Gasteiger partial charge in [-0.15, -0.1) is 0 Å². The lowest BCUT2D eigenvalue weighted by atomic mass is 10.3. The minimum absolute atomic E-state index is 0.0394. The molecule has 0 bridgehead atoms. The lowest BCUT2D eigenvalue weighted by Gasteiger charge is -2.23. The Morgan fingerprint density at radius 3 is 3.00 bits per heavy atom. The van der Waals surface area contributed by atoms with Gasteiger partial charge in [-0.1, -0.05) is 0 Å². The van der Waals surface area contributed by atoms with Gasteiger partial charge in [0, 0.05) is 12.1 Å². The second-order valence-electron chi connectivity index (χ2n) is 2.80. The number of amides is 1. The summed E-state index contributed by atoms with van der Waals surface area (Å²) in [6.07, 6.45) is 2.93. The molecular formula is C8H13NO2. The third kappa shape index (κ3) is 1.97. The monoisotopic (exact) mass is 155 g/mol. The van der Waals surface area contributed by atoms with E-state index in [0.29, 0.717) is 13.2 Å². The van der Waals surface area contributed by atoms with Crippen LogP contribution in [0, 0.1) is 0 Å². The third-order valence-electron chi connectivity index (χ3n) is 1.66. The van der Waals surface area contributed by atoms with Crippen LogP contribution in [0.4, 0.5) is 0 Å². The number of hydrogen-bond donors (Lipinski definition) is 0. The van der Waals surface area contributed by atoms with Gasteiger partial charge >= 0.3 is 0 Å². The lowest BCUT2D eigenvalue weighted by Crippen LogP contribution is -2.36. The molecule has 1 rings (SSSR count). The maximum absolute atomic E-state index is 11.2. The molecule has 1 heterocycles. The summed E-state index contributed by atoms with van der Waals surface area (Å²) in [6, 6.07) is 0.258. The highest BCUT2D eigenvalue weighted by Gasteiger charge is 2.15. The van der Waals surface area contributed by atoms with Crippen molar-refractivity contribution in [2.75, 3.05) is 13.2 Å². The van der Waals surface area contributed by atoms with E-state index in [1.807, 2.05) is 13.8 Å². The van der Waals surface area contributed by atoms with Gasteiger partial charge in [0.2, 0.25) is 5.91 Å². The predicted octanol–water partition coefficient (Wildman–Crippen LogP) is 0.767. The van der Waals surface area contributed by atoms with Crippen molar-refractivity contribution < 1.29 is 9.53 Å². The summed E-state index contributed by atoms with van der Waals surface area (Å²) >= 11 is 0. The van der Waals surface area contributed by atoms with Crippen LogP contribution in [0.1, 0.15) is 13.8 Å². The minimum atomic E-state index is 0.0394. The number of rotatable bonds is 1. The van der Waals surface area contributed by atoms with Gasteiger partial charge in [-0.3, -0.25) is 4.79 Å². The smallest absolute Gasteiger partial charge is 0.249 e. The SMILES string of the molecule is CC(C)N1CCOC=CC1=O. The quantitative estimate of drug-likeness (QED) is 0.559. The Morgan fingerprint density at radius 2 is 2.36 bits per heavy atom. The van der Waals surface area contributed by atoms with Gasteiger partial charge in [0.05, 0.1) is 12.8 Å². The molecular weight excluding hydrogens is 142 g/mol. The lowest BCUT2D eigenvalue weighted by molar-refractivity contribution is -0.127. The Kier molecular flexibility index (Phi) is 2.52. The molecule has 0 saturated carbocycles.